The summed E-state index contributed by atoms with van der Waals surface area (Å²) < 4.78 is 38.3. The molecule has 1 fully saturated rings. The van der Waals surface area contributed by atoms with E-state index >= 15 is 0 Å². The van der Waals surface area contributed by atoms with Crippen molar-refractivity contribution >= 4 is 39.9 Å². The number of piperidine rings is 1. The molecule has 32 heavy (non-hydrogen) atoms. The second-order valence-electron chi connectivity index (χ2n) is 7.98. The third-order valence-electron chi connectivity index (χ3n) is 5.64. The number of hydrogen-bond donors (Lipinski definition) is 1. The molecule has 2 aromatic carbocycles. The Morgan fingerprint density at radius 3 is 2.53 bits per heavy atom. The van der Waals surface area contributed by atoms with Gasteiger partial charge in [-0.05, 0) is 73.7 Å². The summed E-state index contributed by atoms with van der Waals surface area (Å²) in [7, 11) is 0. The second kappa shape index (κ2) is 9.36. The molecule has 0 bridgehead atoms. The fourth-order valence-corrected chi connectivity index (χ4v) is 4.16. The standard InChI is InChI=1S/C24H23ClF3N3O/c25-20-15-18(24(26,27)28)7-4-16(20)6-11-23(32)29-19-8-9-21-17(14-19)5-10-22(30-21)31-12-2-1-3-13-31/h4-5,7-10,14-15H,1-3,6,11-13H2,(H,29,32). The van der Waals surface area contributed by atoms with Crippen LogP contribution in [0.3, 0.4) is 0 Å². The summed E-state index contributed by atoms with van der Waals surface area (Å²) in [4.78, 5) is 19.4. The number of rotatable bonds is 5. The lowest BCUT2D eigenvalue weighted by molar-refractivity contribution is -0.137. The lowest BCUT2D eigenvalue weighted by Crippen LogP contribution is -2.30. The van der Waals surface area contributed by atoms with Gasteiger partial charge in [0.25, 0.3) is 0 Å². The number of aryl methyl sites for hydroxylation is 1. The maximum atomic E-state index is 12.8. The average molecular weight is 462 g/mol. The van der Waals surface area contributed by atoms with Crippen molar-refractivity contribution in [2.75, 3.05) is 23.3 Å². The number of benzene rings is 2. The molecule has 168 valence electrons. The maximum absolute atomic E-state index is 12.8. The van der Waals surface area contributed by atoms with Gasteiger partial charge in [-0.3, -0.25) is 4.79 Å². The summed E-state index contributed by atoms with van der Waals surface area (Å²) in [6, 6.07) is 12.8. The molecule has 0 radical (unpaired) electrons. The molecule has 0 saturated carbocycles. The van der Waals surface area contributed by atoms with Crippen LogP contribution in [0.15, 0.2) is 48.5 Å². The molecule has 4 nitrogen and oxygen atoms in total. The molecule has 1 aromatic heterocycles. The molecule has 3 aromatic rings. The summed E-state index contributed by atoms with van der Waals surface area (Å²) in [5, 5.41) is 3.77. The Labute approximate surface area is 189 Å². The first-order valence-corrected chi connectivity index (χ1v) is 11.0. The highest BCUT2D eigenvalue weighted by Crippen LogP contribution is 2.32. The number of nitrogens with one attached hydrogen (secondary N) is 1. The van der Waals surface area contributed by atoms with Crippen molar-refractivity contribution in [2.24, 2.45) is 0 Å². The number of aromatic nitrogens is 1. The van der Waals surface area contributed by atoms with Crippen molar-refractivity contribution in [3.63, 3.8) is 0 Å². The van der Waals surface area contributed by atoms with E-state index in [1.807, 2.05) is 24.3 Å². The van der Waals surface area contributed by atoms with E-state index in [-0.39, 0.29) is 23.8 Å². The van der Waals surface area contributed by atoms with Gasteiger partial charge in [0.05, 0.1) is 11.1 Å². The molecule has 0 atom stereocenters. The Bertz CT molecular complexity index is 1130. The number of carbonyl (C=O) groups excluding carboxylic acids is 1. The lowest BCUT2D eigenvalue weighted by Gasteiger charge is -2.27. The van der Waals surface area contributed by atoms with E-state index in [9.17, 15) is 18.0 Å². The van der Waals surface area contributed by atoms with Crippen molar-refractivity contribution in [1.29, 1.82) is 0 Å². The Morgan fingerprint density at radius 2 is 1.81 bits per heavy atom. The predicted molar refractivity (Wildman–Crippen MR) is 121 cm³/mol. The number of halogens is 4. The molecule has 0 unspecified atom stereocenters. The number of fused-ring (bicyclic) bond motifs is 1. The number of amides is 1. The van der Waals surface area contributed by atoms with E-state index in [0.29, 0.717) is 11.3 Å². The molecule has 0 aliphatic carbocycles. The van der Waals surface area contributed by atoms with Crippen LogP contribution in [0.25, 0.3) is 10.9 Å². The zero-order valence-electron chi connectivity index (χ0n) is 17.4. The van der Waals surface area contributed by atoms with Crippen LogP contribution >= 0.6 is 11.6 Å². The van der Waals surface area contributed by atoms with Crippen molar-refractivity contribution in [2.45, 2.75) is 38.3 Å². The Morgan fingerprint density at radius 1 is 1.03 bits per heavy atom. The van der Waals surface area contributed by atoms with Gasteiger partial charge in [-0.2, -0.15) is 13.2 Å². The first kappa shape index (κ1) is 22.4. The molecular weight excluding hydrogens is 439 g/mol. The normalized spacial score (nSPS) is 14.6. The SMILES string of the molecule is O=C(CCc1ccc(C(F)(F)F)cc1Cl)Nc1ccc2nc(N3CCCCC3)ccc2c1. The van der Waals surface area contributed by atoms with Crippen LogP contribution in [0.1, 0.15) is 36.8 Å². The molecule has 8 heteroatoms. The van der Waals surface area contributed by atoms with E-state index in [1.165, 1.54) is 25.3 Å². The fourth-order valence-electron chi connectivity index (χ4n) is 3.89. The van der Waals surface area contributed by atoms with E-state index in [1.54, 1.807) is 6.07 Å². The zero-order chi connectivity index (χ0) is 22.7. The largest absolute Gasteiger partial charge is 0.416 e. The summed E-state index contributed by atoms with van der Waals surface area (Å²) in [6.45, 7) is 2.05. The molecule has 1 aliphatic heterocycles. The number of anilines is 2. The van der Waals surface area contributed by atoms with Crippen molar-refractivity contribution < 1.29 is 18.0 Å². The summed E-state index contributed by atoms with van der Waals surface area (Å²) in [6.07, 6.45) is -0.464. The molecule has 1 saturated heterocycles. The summed E-state index contributed by atoms with van der Waals surface area (Å²) >= 11 is 5.97. The molecular formula is C24H23ClF3N3O. The van der Waals surface area contributed by atoms with Crippen LogP contribution in [-0.2, 0) is 17.4 Å². The van der Waals surface area contributed by atoms with Crippen LogP contribution in [0, 0.1) is 0 Å². The number of carbonyl (C=O) groups is 1. The first-order valence-electron chi connectivity index (χ1n) is 10.6. The first-order chi connectivity index (χ1) is 15.3. The fraction of sp³-hybridized carbons (Fsp3) is 0.333. The van der Waals surface area contributed by atoms with Gasteiger partial charge in [0.2, 0.25) is 5.91 Å². The van der Waals surface area contributed by atoms with Gasteiger partial charge >= 0.3 is 6.18 Å². The van der Waals surface area contributed by atoms with E-state index in [4.69, 9.17) is 16.6 Å². The summed E-state index contributed by atoms with van der Waals surface area (Å²) in [5.41, 5.74) is 1.21. The number of pyridine rings is 1. The predicted octanol–water partition coefficient (Wildman–Crippen LogP) is 6.47. The highest BCUT2D eigenvalue weighted by atomic mass is 35.5. The average Bonchev–Trinajstić information content (AvgIpc) is 2.78. The number of alkyl halides is 3. The highest BCUT2D eigenvalue weighted by Gasteiger charge is 2.30. The van der Waals surface area contributed by atoms with Crippen LogP contribution < -0.4 is 10.2 Å². The van der Waals surface area contributed by atoms with Gasteiger partial charge in [0, 0.05) is 35.6 Å². The molecule has 1 amide bonds. The topological polar surface area (TPSA) is 45.2 Å². The van der Waals surface area contributed by atoms with Crippen LogP contribution in [0.5, 0.6) is 0 Å². The second-order valence-corrected chi connectivity index (χ2v) is 8.38. The van der Waals surface area contributed by atoms with Crippen LogP contribution in [-0.4, -0.2) is 24.0 Å². The molecule has 1 aliphatic rings. The molecule has 1 N–H and O–H groups in total. The van der Waals surface area contributed by atoms with Crippen molar-refractivity contribution in [1.82, 2.24) is 4.98 Å². The summed E-state index contributed by atoms with van der Waals surface area (Å²) in [5.74, 6) is 0.737. The van der Waals surface area contributed by atoms with Gasteiger partial charge in [-0.25, -0.2) is 4.98 Å². The maximum Gasteiger partial charge on any atom is 0.416 e. The zero-order valence-corrected chi connectivity index (χ0v) is 18.1. The molecule has 2 heterocycles. The quantitative estimate of drug-likeness (QED) is 0.473. The Hall–Kier alpha value is -2.80. The van der Waals surface area contributed by atoms with E-state index in [2.05, 4.69) is 10.2 Å². The Kier molecular flexibility index (Phi) is 6.55. The van der Waals surface area contributed by atoms with Gasteiger partial charge < -0.3 is 10.2 Å². The van der Waals surface area contributed by atoms with Gasteiger partial charge in [0.1, 0.15) is 5.82 Å². The Balaban J connectivity index is 1.38. The highest BCUT2D eigenvalue weighted by molar-refractivity contribution is 6.31. The van der Waals surface area contributed by atoms with Gasteiger partial charge in [-0.15, -0.1) is 0 Å². The third kappa shape index (κ3) is 5.33. The molecule has 0 spiro atoms. The van der Waals surface area contributed by atoms with E-state index < -0.39 is 11.7 Å². The monoisotopic (exact) mass is 461 g/mol. The third-order valence-corrected chi connectivity index (χ3v) is 5.99. The van der Waals surface area contributed by atoms with Crippen LogP contribution in [0.4, 0.5) is 24.7 Å². The minimum absolute atomic E-state index is 0.00825. The smallest absolute Gasteiger partial charge is 0.357 e. The van der Waals surface area contributed by atoms with Gasteiger partial charge in [0.15, 0.2) is 0 Å². The minimum Gasteiger partial charge on any atom is -0.357 e. The number of nitrogens with zero attached hydrogens (tertiary/aromatic N) is 2. The lowest BCUT2D eigenvalue weighted by atomic mass is 10.1. The van der Waals surface area contributed by atoms with E-state index in [0.717, 1.165) is 41.9 Å². The molecule has 4 rings (SSSR count). The van der Waals surface area contributed by atoms with Crippen molar-refractivity contribution in [3.8, 4) is 0 Å². The number of hydrogen-bond acceptors (Lipinski definition) is 3. The minimum atomic E-state index is -4.45. The van der Waals surface area contributed by atoms with Gasteiger partial charge in [-0.1, -0.05) is 17.7 Å². The van der Waals surface area contributed by atoms with Crippen molar-refractivity contribution in [3.05, 3.63) is 64.7 Å². The van der Waals surface area contributed by atoms with Crippen LogP contribution in [0.2, 0.25) is 5.02 Å².